The van der Waals surface area contributed by atoms with E-state index in [1.165, 1.54) is 24.8 Å². The van der Waals surface area contributed by atoms with Crippen LogP contribution in [0.1, 0.15) is 24.8 Å². The molecule has 4 rings (SSSR count). The van der Waals surface area contributed by atoms with Crippen LogP contribution in [0.2, 0.25) is 0 Å². The molecule has 27 heavy (non-hydrogen) atoms. The van der Waals surface area contributed by atoms with Crippen molar-refractivity contribution in [2.24, 2.45) is 0 Å². The predicted octanol–water partition coefficient (Wildman–Crippen LogP) is 4.30. The van der Waals surface area contributed by atoms with Gasteiger partial charge < -0.3 is 4.90 Å². The van der Waals surface area contributed by atoms with E-state index in [9.17, 15) is 4.21 Å². The Morgan fingerprint density at radius 3 is 2.67 bits per heavy atom. The molecule has 1 atom stereocenters. The zero-order chi connectivity index (χ0) is 18.8. The molecule has 0 spiro atoms. The smallest absolute Gasteiger partial charge is 0.218 e. The quantitative estimate of drug-likeness (QED) is 0.613. The highest BCUT2D eigenvalue weighted by atomic mass is 32.2. The minimum atomic E-state index is -1.21. The number of rotatable bonds is 4. The molecule has 3 aromatic rings. The average Bonchev–Trinajstić information content (AvgIpc) is 3.14. The summed E-state index contributed by atoms with van der Waals surface area (Å²) in [6, 6.07) is 10.3. The first-order valence-corrected chi connectivity index (χ1v) is 11.5. The molecule has 140 valence electrons. The van der Waals surface area contributed by atoms with Crippen molar-refractivity contribution in [2.45, 2.75) is 31.3 Å². The highest BCUT2D eigenvalue weighted by molar-refractivity contribution is 7.84. The third-order valence-electron chi connectivity index (χ3n) is 4.66. The lowest BCUT2D eigenvalue weighted by Crippen LogP contribution is -2.29. The number of aromatic nitrogens is 3. The van der Waals surface area contributed by atoms with Gasteiger partial charge in [-0.3, -0.25) is 4.21 Å². The Hall–Kier alpha value is -2.12. The van der Waals surface area contributed by atoms with Crippen LogP contribution in [0.4, 0.5) is 5.13 Å². The molecular weight excluding hydrogens is 376 g/mol. The van der Waals surface area contributed by atoms with Gasteiger partial charge in [0.1, 0.15) is 0 Å². The summed E-state index contributed by atoms with van der Waals surface area (Å²) in [5, 5.41) is 1.40. The molecule has 0 N–H and O–H groups in total. The number of aryl methyl sites for hydroxylation is 1. The van der Waals surface area contributed by atoms with Gasteiger partial charge in [0.15, 0.2) is 5.13 Å². The van der Waals surface area contributed by atoms with E-state index in [0.29, 0.717) is 5.16 Å². The van der Waals surface area contributed by atoms with Crippen LogP contribution < -0.4 is 4.90 Å². The van der Waals surface area contributed by atoms with E-state index in [0.717, 1.165) is 40.0 Å². The van der Waals surface area contributed by atoms with Gasteiger partial charge in [-0.05, 0) is 38.3 Å². The van der Waals surface area contributed by atoms with Crippen molar-refractivity contribution < 1.29 is 4.21 Å². The van der Waals surface area contributed by atoms with Crippen molar-refractivity contribution in [1.29, 1.82) is 0 Å². The first kappa shape index (κ1) is 18.3. The van der Waals surface area contributed by atoms with Crippen LogP contribution in [0, 0.1) is 6.92 Å². The molecule has 1 unspecified atom stereocenters. The van der Waals surface area contributed by atoms with Crippen molar-refractivity contribution in [3.63, 3.8) is 0 Å². The maximum absolute atomic E-state index is 11.8. The number of thiazole rings is 1. The highest BCUT2D eigenvalue weighted by Gasteiger charge is 2.21. The molecular formula is C20H22N4OS2. The lowest BCUT2D eigenvalue weighted by atomic mass is 10.1. The van der Waals surface area contributed by atoms with Crippen molar-refractivity contribution >= 4 is 27.3 Å². The van der Waals surface area contributed by atoms with Crippen molar-refractivity contribution in [1.82, 2.24) is 15.0 Å². The Bertz CT molecular complexity index is 980. The van der Waals surface area contributed by atoms with Crippen LogP contribution in [0.5, 0.6) is 0 Å². The maximum atomic E-state index is 11.8. The van der Waals surface area contributed by atoms with Gasteiger partial charge in [-0.1, -0.05) is 35.1 Å². The zero-order valence-electron chi connectivity index (χ0n) is 15.5. The van der Waals surface area contributed by atoms with Crippen LogP contribution in [0.15, 0.2) is 41.7 Å². The molecule has 1 saturated heterocycles. The third-order valence-corrected chi connectivity index (χ3v) is 6.51. The minimum absolute atomic E-state index is 0.357. The fourth-order valence-electron chi connectivity index (χ4n) is 3.30. The van der Waals surface area contributed by atoms with Gasteiger partial charge >= 0.3 is 0 Å². The van der Waals surface area contributed by atoms with Crippen LogP contribution in [-0.2, 0) is 10.8 Å². The standard InChI is InChI=1S/C20H22N4OS2/c1-14-7-6-8-15(13-14)17-18(16-9-10-21-19(22-16)27(2)25)26-20(23-17)24-11-4-3-5-12-24/h6-10,13H,3-5,11-12H2,1-2H3. The molecule has 7 heteroatoms. The second-order valence-corrected chi connectivity index (χ2v) is 9.02. The molecule has 0 bridgehead atoms. The number of piperidine rings is 1. The Morgan fingerprint density at radius 1 is 1.11 bits per heavy atom. The summed E-state index contributed by atoms with van der Waals surface area (Å²) in [5.41, 5.74) is 4.01. The Balaban J connectivity index is 1.84. The van der Waals surface area contributed by atoms with Crippen LogP contribution in [0.25, 0.3) is 21.8 Å². The van der Waals surface area contributed by atoms with E-state index < -0.39 is 10.8 Å². The fraction of sp³-hybridized carbons (Fsp3) is 0.350. The predicted molar refractivity (Wildman–Crippen MR) is 112 cm³/mol. The van der Waals surface area contributed by atoms with Crippen molar-refractivity contribution in [3.8, 4) is 21.8 Å². The zero-order valence-corrected chi connectivity index (χ0v) is 17.1. The molecule has 5 nitrogen and oxygen atoms in total. The van der Waals surface area contributed by atoms with Crippen LogP contribution in [-0.4, -0.2) is 38.5 Å². The molecule has 3 heterocycles. The Kier molecular flexibility index (Phi) is 5.31. The molecule has 0 aliphatic carbocycles. The van der Waals surface area contributed by atoms with E-state index in [2.05, 4.69) is 46.1 Å². The van der Waals surface area contributed by atoms with Gasteiger partial charge in [0.2, 0.25) is 5.16 Å². The number of nitrogens with zero attached hydrogens (tertiary/aromatic N) is 4. The molecule has 1 fully saturated rings. The van der Waals surface area contributed by atoms with Crippen LogP contribution in [0.3, 0.4) is 0 Å². The summed E-state index contributed by atoms with van der Waals surface area (Å²) >= 11 is 1.67. The second kappa shape index (κ2) is 7.86. The van der Waals surface area contributed by atoms with Gasteiger partial charge in [-0.25, -0.2) is 15.0 Å². The topological polar surface area (TPSA) is 59.0 Å². The first-order chi connectivity index (χ1) is 13.1. The van der Waals surface area contributed by atoms with Gasteiger partial charge in [-0.2, -0.15) is 0 Å². The molecule has 0 amide bonds. The normalized spacial score (nSPS) is 15.7. The number of hydrogen-bond acceptors (Lipinski definition) is 6. The summed E-state index contributed by atoms with van der Waals surface area (Å²) in [5.74, 6) is 0. The van der Waals surface area contributed by atoms with E-state index in [1.807, 2.05) is 6.07 Å². The monoisotopic (exact) mass is 398 g/mol. The summed E-state index contributed by atoms with van der Waals surface area (Å²) < 4.78 is 11.8. The second-order valence-electron chi connectivity index (χ2n) is 6.77. The largest absolute Gasteiger partial charge is 0.348 e. The summed E-state index contributed by atoms with van der Waals surface area (Å²) in [7, 11) is -1.21. The number of benzene rings is 1. The minimum Gasteiger partial charge on any atom is -0.348 e. The summed E-state index contributed by atoms with van der Waals surface area (Å²) in [6.07, 6.45) is 6.99. The fourth-order valence-corrected chi connectivity index (χ4v) is 4.84. The molecule has 1 aliphatic heterocycles. The Labute approximate surface area is 166 Å². The van der Waals surface area contributed by atoms with Gasteiger partial charge in [-0.15, -0.1) is 0 Å². The van der Waals surface area contributed by atoms with Gasteiger partial charge in [0, 0.05) is 31.1 Å². The third kappa shape index (κ3) is 3.94. The molecule has 1 aliphatic rings. The maximum Gasteiger partial charge on any atom is 0.218 e. The van der Waals surface area contributed by atoms with E-state index in [1.54, 1.807) is 23.8 Å². The van der Waals surface area contributed by atoms with Crippen molar-refractivity contribution in [3.05, 3.63) is 42.1 Å². The van der Waals surface area contributed by atoms with Gasteiger partial charge in [0.05, 0.1) is 27.1 Å². The first-order valence-electron chi connectivity index (χ1n) is 9.11. The molecule has 0 radical (unpaired) electrons. The summed E-state index contributed by atoms with van der Waals surface area (Å²) in [6.45, 7) is 4.19. The van der Waals surface area contributed by atoms with Crippen LogP contribution >= 0.6 is 11.3 Å². The highest BCUT2D eigenvalue weighted by Crippen LogP contribution is 2.40. The van der Waals surface area contributed by atoms with E-state index >= 15 is 0 Å². The SMILES string of the molecule is Cc1cccc(-c2nc(N3CCCCC3)sc2-c2ccnc(S(C)=O)n2)c1. The summed E-state index contributed by atoms with van der Waals surface area (Å²) in [4.78, 5) is 17.1. The number of hydrogen-bond donors (Lipinski definition) is 0. The Morgan fingerprint density at radius 2 is 1.93 bits per heavy atom. The molecule has 1 aromatic carbocycles. The van der Waals surface area contributed by atoms with Crippen molar-refractivity contribution in [2.75, 3.05) is 24.2 Å². The van der Waals surface area contributed by atoms with Gasteiger partial charge in [0.25, 0.3) is 0 Å². The lowest BCUT2D eigenvalue weighted by molar-refractivity contribution is 0.577. The van der Waals surface area contributed by atoms with E-state index in [-0.39, 0.29) is 0 Å². The number of anilines is 1. The lowest BCUT2D eigenvalue weighted by Gasteiger charge is -2.25. The molecule has 2 aromatic heterocycles. The van der Waals surface area contributed by atoms with E-state index in [4.69, 9.17) is 4.98 Å². The molecule has 0 saturated carbocycles. The average molecular weight is 399 g/mol.